The van der Waals surface area contributed by atoms with Gasteiger partial charge < -0.3 is 0 Å². The first-order valence-corrected chi connectivity index (χ1v) is 7.09. The van der Waals surface area contributed by atoms with Crippen molar-refractivity contribution < 1.29 is 4.39 Å². The van der Waals surface area contributed by atoms with E-state index in [1.165, 1.54) is 12.8 Å². The van der Waals surface area contributed by atoms with Gasteiger partial charge in [0.1, 0.15) is 5.82 Å². The van der Waals surface area contributed by atoms with E-state index in [1.807, 2.05) is 12.1 Å². The zero-order valence-corrected chi connectivity index (χ0v) is 12.2. The van der Waals surface area contributed by atoms with Crippen molar-refractivity contribution in [3.8, 4) is 0 Å². The van der Waals surface area contributed by atoms with Gasteiger partial charge in [0.15, 0.2) is 0 Å². The van der Waals surface area contributed by atoms with Gasteiger partial charge >= 0.3 is 0 Å². The van der Waals surface area contributed by atoms with E-state index >= 15 is 0 Å². The standard InChI is InChI=1S/C13H16BrClFN/c1-9-4-6-17(7-5-9)8-10-2-3-11(14)12(15)13(10)16/h2-3,9H,4-8H2,1H3. The lowest BCUT2D eigenvalue weighted by Crippen LogP contribution is -2.32. The molecular weight excluding hydrogens is 305 g/mol. The summed E-state index contributed by atoms with van der Waals surface area (Å²) in [4.78, 5) is 2.29. The number of nitrogens with zero attached hydrogens (tertiary/aromatic N) is 1. The summed E-state index contributed by atoms with van der Waals surface area (Å²) in [6, 6.07) is 3.62. The summed E-state index contributed by atoms with van der Waals surface area (Å²) in [5.74, 6) is 0.504. The Morgan fingerprint density at radius 1 is 1.41 bits per heavy atom. The van der Waals surface area contributed by atoms with Crippen molar-refractivity contribution in [1.29, 1.82) is 0 Å². The summed E-state index contributed by atoms with van der Waals surface area (Å²) in [5, 5.41) is 0.188. The van der Waals surface area contributed by atoms with Crippen molar-refractivity contribution in [1.82, 2.24) is 4.90 Å². The number of hydrogen-bond donors (Lipinski definition) is 0. The maximum Gasteiger partial charge on any atom is 0.147 e. The molecule has 0 unspecified atom stereocenters. The second kappa shape index (κ2) is 5.68. The van der Waals surface area contributed by atoms with E-state index in [1.54, 1.807) is 0 Å². The van der Waals surface area contributed by atoms with Crippen LogP contribution in [0.2, 0.25) is 5.02 Å². The van der Waals surface area contributed by atoms with E-state index in [9.17, 15) is 4.39 Å². The van der Waals surface area contributed by atoms with Gasteiger partial charge in [0.2, 0.25) is 0 Å². The van der Waals surface area contributed by atoms with Crippen LogP contribution in [0.5, 0.6) is 0 Å². The number of benzene rings is 1. The third kappa shape index (κ3) is 3.21. The number of rotatable bonds is 2. The van der Waals surface area contributed by atoms with Crippen LogP contribution < -0.4 is 0 Å². The molecule has 0 aliphatic carbocycles. The molecule has 1 fully saturated rings. The minimum Gasteiger partial charge on any atom is -0.299 e. The molecule has 0 N–H and O–H groups in total. The van der Waals surface area contributed by atoms with Gasteiger partial charge in [-0.1, -0.05) is 24.6 Å². The van der Waals surface area contributed by atoms with Crippen LogP contribution in [-0.2, 0) is 6.54 Å². The number of piperidine rings is 1. The number of halogens is 3. The first-order valence-electron chi connectivity index (χ1n) is 5.92. The molecule has 1 aliphatic heterocycles. The molecule has 2 rings (SSSR count). The van der Waals surface area contributed by atoms with Gasteiger partial charge in [-0.05, 0) is 53.8 Å². The SMILES string of the molecule is CC1CCN(Cc2ccc(Br)c(Cl)c2F)CC1. The Kier molecular flexibility index (Phi) is 4.45. The first kappa shape index (κ1) is 13.3. The summed E-state index contributed by atoms with van der Waals surface area (Å²) in [5.41, 5.74) is 0.688. The third-order valence-electron chi connectivity index (χ3n) is 3.39. The van der Waals surface area contributed by atoms with Gasteiger partial charge in [-0.15, -0.1) is 0 Å². The molecule has 1 saturated heterocycles. The maximum atomic E-state index is 13.9. The molecule has 1 aliphatic rings. The van der Waals surface area contributed by atoms with Crippen LogP contribution >= 0.6 is 27.5 Å². The van der Waals surface area contributed by atoms with Crippen LogP contribution in [0.4, 0.5) is 4.39 Å². The van der Waals surface area contributed by atoms with Gasteiger partial charge in [0.25, 0.3) is 0 Å². The monoisotopic (exact) mass is 319 g/mol. The Balaban J connectivity index is 2.06. The molecule has 0 radical (unpaired) electrons. The zero-order valence-electron chi connectivity index (χ0n) is 9.85. The van der Waals surface area contributed by atoms with Crippen LogP contribution in [0.1, 0.15) is 25.3 Å². The average molecular weight is 321 g/mol. The highest BCUT2D eigenvalue weighted by Gasteiger charge is 2.18. The van der Waals surface area contributed by atoms with Gasteiger partial charge in [-0.25, -0.2) is 4.39 Å². The van der Waals surface area contributed by atoms with E-state index in [0.717, 1.165) is 19.0 Å². The van der Waals surface area contributed by atoms with E-state index in [-0.39, 0.29) is 10.8 Å². The summed E-state index contributed by atoms with van der Waals surface area (Å²) < 4.78 is 14.5. The summed E-state index contributed by atoms with van der Waals surface area (Å²) >= 11 is 9.11. The molecule has 0 atom stereocenters. The predicted octanol–water partition coefficient (Wildman–Crippen LogP) is 4.47. The topological polar surface area (TPSA) is 3.24 Å². The van der Waals surface area contributed by atoms with Gasteiger partial charge in [-0.2, -0.15) is 0 Å². The zero-order chi connectivity index (χ0) is 12.4. The maximum absolute atomic E-state index is 13.9. The molecule has 94 valence electrons. The fourth-order valence-electron chi connectivity index (χ4n) is 2.15. The lowest BCUT2D eigenvalue weighted by molar-refractivity contribution is 0.183. The fraction of sp³-hybridized carbons (Fsp3) is 0.538. The van der Waals surface area contributed by atoms with Gasteiger partial charge in [-0.3, -0.25) is 4.90 Å². The molecule has 4 heteroatoms. The Morgan fingerprint density at radius 3 is 2.71 bits per heavy atom. The Morgan fingerprint density at radius 2 is 2.06 bits per heavy atom. The average Bonchev–Trinajstić information content (AvgIpc) is 2.33. The van der Waals surface area contributed by atoms with Crippen molar-refractivity contribution in [2.24, 2.45) is 5.92 Å². The van der Waals surface area contributed by atoms with Gasteiger partial charge in [0.05, 0.1) is 5.02 Å². The highest BCUT2D eigenvalue weighted by molar-refractivity contribution is 9.10. The molecule has 1 heterocycles. The molecule has 17 heavy (non-hydrogen) atoms. The van der Waals surface area contributed by atoms with Crippen LogP contribution in [-0.4, -0.2) is 18.0 Å². The minimum absolute atomic E-state index is 0.188. The molecule has 0 aromatic heterocycles. The summed E-state index contributed by atoms with van der Waals surface area (Å²) in [7, 11) is 0. The third-order valence-corrected chi connectivity index (χ3v) is 4.64. The molecule has 0 bridgehead atoms. The lowest BCUT2D eigenvalue weighted by atomic mass is 9.99. The van der Waals surface area contributed by atoms with E-state index in [2.05, 4.69) is 27.8 Å². The summed E-state index contributed by atoms with van der Waals surface area (Å²) in [6.45, 7) is 5.03. The van der Waals surface area contributed by atoms with E-state index in [0.29, 0.717) is 16.6 Å². The Labute approximate surface area is 115 Å². The first-order chi connectivity index (χ1) is 8.08. The van der Waals surface area contributed by atoms with Crippen LogP contribution in [0, 0.1) is 11.7 Å². The van der Waals surface area contributed by atoms with Crippen molar-refractivity contribution in [3.05, 3.63) is 33.0 Å². The number of likely N-dealkylation sites (tertiary alicyclic amines) is 1. The van der Waals surface area contributed by atoms with Crippen molar-refractivity contribution >= 4 is 27.5 Å². The molecule has 0 spiro atoms. The van der Waals surface area contributed by atoms with Gasteiger partial charge in [0, 0.05) is 16.6 Å². The molecule has 1 aromatic rings. The normalized spacial score (nSPS) is 18.6. The molecule has 1 aromatic carbocycles. The molecule has 0 saturated carbocycles. The second-order valence-electron chi connectivity index (χ2n) is 4.79. The largest absolute Gasteiger partial charge is 0.299 e. The second-order valence-corrected chi connectivity index (χ2v) is 6.03. The number of hydrogen-bond acceptors (Lipinski definition) is 1. The van der Waals surface area contributed by atoms with E-state index < -0.39 is 0 Å². The van der Waals surface area contributed by atoms with Crippen LogP contribution in [0.15, 0.2) is 16.6 Å². The Hall–Kier alpha value is -0.120. The highest BCUT2D eigenvalue weighted by Crippen LogP contribution is 2.28. The smallest absolute Gasteiger partial charge is 0.147 e. The van der Waals surface area contributed by atoms with Crippen LogP contribution in [0.3, 0.4) is 0 Å². The highest BCUT2D eigenvalue weighted by atomic mass is 79.9. The molecule has 0 amide bonds. The van der Waals surface area contributed by atoms with E-state index in [4.69, 9.17) is 11.6 Å². The lowest BCUT2D eigenvalue weighted by Gasteiger charge is -2.30. The van der Waals surface area contributed by atoms with Crippen molar-refractivity contribution in [2.75, 3.05) is 13.1 Å². The minimum atomic E-state index is -0.292. The summed E-state index contributed by atoms with van der Waals surface area (Å²) in [6.07, 6.45) is 2.40. The van der Waals surface area contributed by atoms with Crippen LogP contribution in [0.25, 0.3) is 0 Å². The predicted molar refractivity (Wildman–Crippen MR) is 72.8 cm³/mol. The molecular formula is C13H16BrClFN. The van der Waals surface area contributed by atoms with Crippen molar-refractivity contribution in [3.63, 3.8) is 0 Å². The Bertz CT molecular complexity index is 403. The quantitative estimate of drug-likeness (QED) is 0.727. The fourth-order valence-corrected chi connectivity index (χ4v) is 2.64. The molecule has 1 nitrogen and oxygen atoms in total. The van der Waals surface area contributed by atoms with Crippen molar-refractivity contribution in [2.45, 2.75) is 26.3 Å².